The van der Waals surface area contributed by atoms with Crippen LogP contribution in [0.5, 0.6) is 0 Å². The van der Waals surface area contributed by atoms with Crippen molar-refractivity contribution in [2.45, 2.75) is 25.8 Å². The van der Waals surface area contributed by atoms with Crippen LogP contribution in [0.25, 0.3) is 0 Å². The lowest BCUT2D eigenvalue weighted by Crippen LogP contribution is -2.48. The van der Waals surface area contributed by atoms with Gasteiger partial charge in [-0.05, 0) is 25.5 Å². The highest BCUT2D eigenvalue weighted by molar-refractivity contribution is 7.99. The smallest absolute Gasteiger partial charge is 0.323 e. The van der Waals surface area contributed by atoms with Crippen LogP contribution in [0.15, 0.2) is 0 Å². The minimum absolute atomic E-state index is 0.189. The van der Waals surface area contributed by atoms with E-state index in [2.05, 4.69) is 5.32 Å². The first-order chi connectivity index (χ1) is 7.63. The third-order valence-electron chi connectivity index (χ3n) is 2.48. The van der Waals surface area contributed by atoms with Gasteiger partial charge in [-0.15, -0.1) is 0 Å². The molecule has 2 N–H and O–H groups in total. The maximum Gasteiger partial charge on any atom is 0.323 e. The first-order valence-corrected chi connectivity index (χ1v) is 6.64. The molecule has 2 amide bonds. The summed E-state index contributed by atoms with van der Waals surface area (Å²) in [6, 6.07) is -0.0773. The lowest BCUT2D eigenvalue weighted by molar-refractivity contribution is -0.137. The summed E-state index contributed by atoms with van der Waals surface area (Å²) in [5.41, 5.74) is 0. The van der Waals surface area contributed by atoms with Gasteiger partial charge in [-0.25, -0.2) is 4.79 Å². The summed E-state index contributed by atoms with van der Waals surface area (Å²) in [5.74, 6) is 1.10. The largest absolute Gasteiger partial charge is 0.480 e. The summed E-state index contributed by atoms with van der Waals surface area (Å²) < 4.78 is 0. The van der Waals surface area contributed by atoms with Crippen LogP contribution >= 0.6 is 11.8 Å². The van der Waals surface area contributed by atoms with E-state index in [0.29, 0.717) is 6.54 Å². The van der Waals surface area contributed by atoms with Crippen LogP contribution in [-0.4, -0.2) is 52.6 Å². The first-order valence-electron chi connectivity index (χ1n) is 5.48. The SMILES string of the molecule is CCN(CC(=O)O)C(=O)NC1CCCSC1. The number of nitrogens with zero attached hydrogens (tertiary/aromatic N) is 1. The molecule has 0 radical (unpaired) electrons. The minimum atomic E-state index is -0.977. The second kappa shape index (κ2) is 6.62. The number of rotatable bonds is 4. The quantitative estimate of drug-likeness (QED) is 0.776. The van der Waals surface area contributed by atoms with Crippen molar-refractivity contribution in [1.82, 2.24) is 10.2 Å². The molecule has 0 spiro atoms. The Morgan fingerprint density at radius 2 is 2.31 bits per heavy atom. The van der Waals surface area contributed by atoms with E-state index in [0.717, 1.165) is 24.3 Å². The average molecular weight is 246 g/mol. The lowest BCUT2D eigenvalue weighted by Gasteiger charge is -2.26. The van der Waals surface area contributed by atoms with Crippen molar-refractivity contribution in [3.8, 4) is 0 Å². The monoisotopic (exact) mass is 246 g/mol. The van der Waals surface area contributed by atoms with Crippen molar-refractivity contribution in [2.24, 2.45) is 0 Å². The van der Waals surface area contributed by atoms with Crippen molar-refractivity contribution in [1.29, 1.82) is 0 Å². The van der Waals surface area contributed by atoms with E-state index in [1.165, 1.54) is 4.90 Å². The van der Waals surface area contributed by atoms with Crippen LogP contribution in [-0.2, 0) is 4.79 Å². The van der Waals surface area contributed by atoms with Gasteiger partial charge in [0, 0.05) is 18.3 Å². The molecule has 0 aliphatic carbocycles. The zero-order valence-corrected chi connectivity index (χ0v) is 10.3. The molecule has 1 heterocycles. The Balaban J connectivity index is 2.38. The van der Waals surface area contributed by atoms with E-state index < -0.39 is 5.97 Å². The van der Waals surface area contributed by atoms with E-state index in [1.54, 1.807) is 6.92 Å². The molecule has 6 heteroatoms. The Labute approximate surface area is 99.6 Å². The third-order valence-corrected chi connectivity index (χ3v) is 3.70. The van der Waals surface area contributed by atoms with Gasteiger partial charge in [0.25, 0.3) is 0 Å². The second-order valence-electron chi connectivity index (χ2n) is 3.77. The summed E-state index contributed by atoms with van der Waals surface area (Å²) in [5, 5.41) is 11.5. The molecule has 5 nitrogen and oxygen atoms in total. The number of likely N-dealkylation sites (N-methyl/N-ethyl adjacent to an activating group) is 1. The van der Waals surface area contributed by atoms with Gasteiger partial charge < -0.3 is 15.3 Å². The summed E-state index contributed by atoms with van der Waals surface area (Å²) in [4.78, 5) is 23.6. The molecule has 0 aromatic carbocycles. The fraction of sp³-hybridized carbons (Fsp3) is 0.800. The van der Waals surface area contributed by atoms with E-state index in [-0.39, 0.29) is 18.6 Å². The number of hydrogen-bond donors (Lipinski definition) is 2. The molecular formula is C10H18N2O3S. The predicted molar refractivity (Wildman–Crippen MR) is 63.8 cm³/mol. The molecule has 1 fully saturated rings. The predicted octanol–water partition coefficient (Wildman–Crippen LogP) is 0.998. The summed E-state index contributed by atoms with van der Waals surface area (Å²) in [6.07, 6.45) is 2.10. The molecule has 0 saturated carbocycles. The topological polar surface area (TPSA) is 69.6 Å². The third kappa shape index (κ3) is 4.30. The van der Waals surface area contributed by atoms with Crippen LogP contribution in [0.3, 0.4) is 0 Å². The molecule has 16 heavy (non-hydrogen) atoms. The van der Waals surface area contributed by atoms with Crippen LogP contribution in [0, 0.1) is 0 Å². The standard InChI is InChI=1S/C10H18N2O3S/c1-2-12(6-9(13)14)10(15)11-8-4-3-5-16-7-8/h8H,2-7H2,1H3,(H,11,15)(H,13,14). The number of nitrogens with one attached hydrogen (secondary N) is 1. The number of carbonyl (C=O) groups excluding carboxylic acids is 1. The molecule has 1 aliphatic rings. The summed E-state index contributed by atoms with van der Waals surface area (Å²) in [7, 11) is 0. The number of thioether (sulfide) groups is 1. The van der Waals surface area contributed by atoms with Gasteiger partial charge in [-0.1, -0.05) is 0 Å². The highest BCUT2D eigenvalue weighted by Gasteiger charge is 2.20. The van der Waals surface area contributed by atoms with Gasteiger partial charge in [0.05, 0.1) is 0 Å². The van der Waals surface area contributed by atoms with Crippen molar-refractivity contribution < 1.29 is 14.7 Å². The van der Waals surface area contributed by atoms with Gasteiger partial charge in [0.15, 0.2) is 0 Å². The maximum absolute atomic E-state index is 11.7. The first kappa shape index (κ1) is 13.2. The number of carboxylic acid groups (broad SMARTS) is 1. The number of carbonyl (C=O) groups is 2. The van der Waals surface area contributed by atoms with Gasteiger partial charge >= 0.3 is 12.0 Å². The number of hydrogen-bond acceptors (Lipinski definition) is 3. The molecule has 92 valence electrons. The number of carboxylic acids is 1. The number of aliphatic carboxylic acids is 1. The molecule has 0 aromatic heterocycles. The van der Waals surface area contributed by atoms with Crippen molar-refractivity contribution in [3.05, 3.63) is 0 Å². The fourth-order valence-electron chi connectivity index (χ4n) is 1.61. The molecule has 1 saturated heterocycles. The molecule has 1 rings (SSSR count). The highest BCUT2D eigenvalue weighted by atomic mass is 32.2. The lowest BCUT2D eigenvalue weighted by atomic mass is 10.2. The molecule has 1 aliphatic heterocycles. The van der Waals surface area contributed by atoms with Gasteiger partial charge in [0.1, 0.15) is 6.54 Å². The summed E-state index contributed by atoms with van der Waals surface area (Å²) in [6.45, 7) is 1.96. The van der Waals surface area contributed by atoms with E-state index in [4.69, 9.17) is 5.11 Å². The second-order valence-corrected chi connectivity index (χ2v) is 4.92. The fourth-order valence-corrected chi connectivity index (χ4v) is 2.68. The molecule has 1 unspecified atom stereocenters. The Morgan fingerprint density at radius 1 is 1.56 bits per heavy atom. The maximum atomic E-state index is 11.7. The molecular weight excluding hydrogens is 228 g/mol. The van der Waals surface area contributed by atoms with E-state index in [9.17, 15) is 9.59 Å². The van der Waals surface area contributed by atoms with E-state index >= 15 is 0 Å². The van der Waals surface area contributed by atoms with E-state index in [1.807, 2.05) is 11.8 Å². The average Bonchev–Trinajstić information content (AvgIpc) is 2.26. The van der Waals surface area contributed by atoms with Crippen LogP contribution in [0.2, 0.25) is 0 Å². The highest BCUT2D eigenvalue weighted by Crippen LogP contribution is 2.16. The van der Waals surface area contributed by atoms with Crippen molar-refractivity contribution in [2.75, 3.05) is 24.6 Å². The van der Waals surface area contributed by atoms with Crippen LogP contribution in [0.1, 0.15) is 19.8 Å². The van der Waals surface area contributed by atoms with Crippen molar-refractivity contribution >= 4 is 23.8 Å². The zero-order chi connectivity index (χ0) is 12.0. The van der Waals surface area contributed by atoms with Crippen molar-refractivity contribution in [3.63, 3.8) is 0 Å². The molecule has 0 aromatic rings. The Bertz CT molecular complexity index is 254. The van der Waals surface area contributed by atoms with Crippen LogP contribution < -0.4 is 5.32 Å². The summed E-state index contributed by atoms with van der Waals surface area (Å²) >= 11 is 1.83. The van der Waals surface area contributed by atoms with Gasteiger partial charge in [0.2, 0.25) is 0 Å². The normalized spacial score (nSPS) is 20.2. The zero-order valence-electron chi connectivity index (χ0n) is 9.44. The number of urea groups is 1. The molecule has 1 atom stereocenters. The Kier molecular flexibility index (Phi) is 5.45. The van der Waals surface area contributed by atoms with Gasteiger partial charge in [-0.3, -0.25) is 4.79 Å². The Hall–Kier alpha value is -0.910. The van der Waals surface area contributed by atoms with Gasteiger partial charge in [-0.2, -0.15) is 11.8 Å². The molecule has 0 bridgehead atoms. The number of amides is 2. The minimum Gasteiger partial charge on any atom is -0.480 e. The Morgan fingerprint density at radius 3 is 2.81 bits per heavy atom. The van der Waals surface area contributed by atoms with Crippen LogP contribution in [0.4, 0.5) is 4.79 Å².